The van der Waals surface area contributed by atoms with Crippen LogP contribution in [0.25, 0.3) is 0 Å². The molecule has 108 valence electrons. The second kappa shape index (κ2) is 5.41. The maximum absolute atomic E-state index is 13.0. The fourth-order valence-electron chi connectivity index (χ4n) is 4.17. The van der Waals surface area contributed by atoms with Crippen LogP contribution in [0.3, 0.4) is 0 Å². The first-order valence-corrected chi connectivity index (χ1v) is 7.83. The van der Waals surface area contributed by atoms with Crippen molar-refractivity contribution < 1.29 is 9.53 Å². The number of hydrogen-bond donors (Lipinski definition) is 0. The van der Waals surface area contributed by atoms with Crippen molar-refractivity contribution in [2.24, 2.45) is 0 Å². The van der Waals surface area contributed by atoms with Crippen LogP contribution in [0.1, 0.15) is 44.9 Å². The van der Waals surface area contributed by atoms with Gasteiger partial charge in [0.05, 0.1) is 6.10 Å². The van der Waals surface area contributed by atoms with Crippen molar-refractivity contribution in [2.45, 2.75) is 56.6 Å². The van der Waals surface area contributed by atoms with E-state index in [4.69, 9.17) is 4.74 Å². The van der Waals surface area contributed by atoms with Gasteiger partial charge >= 0.3 is 0 Å². The number of carbonyl (C=O) groups is 1. The second-order valence-corrected chi connectivity index (χ2v) is 6.33. The van der Waals surface area contributed by atoms with Crippen molar-refractivity contribution in [3.63, 3.8) is 0 Å². The minimum Gasteiger partial charge on any atom is -0.380 e. The van der Waals surface area contributed by atoms with Gasteiger partial charge in [-0.2, -0.15) is 0 Å². The molecule has 3 fully saturated rings. The van der Waals surface area contributed by atoms with Crippen molar-refractivity contribution in [2.75, 3.05) is 33.3 Å². The topological polar surface area (TPSA) is 32.8 Å². The Balaban J connectivity index is 1.74. The molecule has 1 saturated carbocycles. The van der Waals surface area contributed by atoms with Gasteiger partial charge in [-0.25, -0.2) is 0 Å². The van der Waals surface area contributed by atoms with Gasteiger partial charge in [0.25, 0.3) is 0 Å². The summed E-state index contributed by atoms with van der Waals surface area (Å²) in [6, 6.07) is 0. The van der Waals surface area contributed by atoms with E-state index in [1.165, 1.54) is 25.7 Å². The number of rotatable bonds is 3. The molecular formula is C15H26N2O2. The molecule has 4 nitrogen and oxygen atoms in total. The van der Waals surface area contributed by atoms with Crippen LogP contribution in [-0.2, 0) is 9.53 Å². The SMILES string of the molecule is CO[C@@H]1CCN(C(=O)C2(N3CCCC3)CCCC2)C1. The molecule has 2 aliphatic heterocycles. The van der Waals surface area contributed by atoms with E-state index >= 15 is 0 Å². The smallest absolute Gasteiger partial charge is 0.243 e. The highest BCUT2D eigenvalue weighted by molar-refractivity contribution is 5.87. The van der Waals surface area contributed by atoms with Gasteiger partial charge in [-0.05, 0) is 45.2 Å². The summed E-state index contributed by atoms with van der Waals surface area (Å²) in [6.07, 6.45) is 8.33. The Hall–Kier alpha value is -0.610. The third kappa shape index (κ3) is 2.29. The lowest BCUT2D eigenvalue weighted by molar-refractivity contribution is -0.143. The Kier molecular flexibility index (Phi) is 3.81. The number of ether oxygens (including phenoxy) is 1. The molecule has 0 radical (unpaired) electrons. The van der Waals surface area contributed by atoms with Crippen LogP contribution < -0.4 is 0 Å². The quantitative estimate of drug-likeness (QED) is 0.778. The van der Waals surface area contributed by atoms with Gasteiger partial charge in [0.2, 0.25) is 5.91 Å². The van der Waals surface area contributed by atoms with Crippen LogP contribution >= 0.6 is 0 Å². The van der Waals surface area contributed by atoms with Crippen molar-refractivity contribution >= 4 is 5.91 Å². The molecule has 2 heterocycles. The molecule has 1 amide bonds. The number of methoxy groups -OCH3 is 1. The zero-order valence-corrected chi connectivity index (χ0v) is 12.1. The molecule has 3 aliphatic rings. The molecule has 1 atom stereocenters. The van der Waals surface area contributed by atoms with Crippen LogP contribution in [-0.4, -0.2) is 60.6 Å². The van der Waals surface area contributed by atoms with E-state index in [1.807, 2.05) is 0 Å². The Morgan fingerprint density at radius 1 is 1.11 bits per heavy atom. The molecule has 0 spiro atoms. The molecule has 0 aromatic heterocycles. The van der Waals surface area contributed by atoms with E-state index in [0.29, 0.717) is 5.91 Å². The summed E-state index contributed by atoms with van der Waals surface area (Å²) in [5.41, 5.74) is -0.154. The standard InChI is InChI=1S/C15H26N2O2/c1-19-13-6-11-16(12-13)14(18)15(7-2-3-8-15)17-9-4-5-10-17/h13H,2-12H2,1H3/t13-/m1/s1. The zero-order valence-electron chi connectivity index (χ0n) is 12.1. The molecular weight excluding hydrogens is 240 g/mol. The van der Waals surface area contributed by atoms with Gasteiger partial charge in [0.15, 0.2) is 0 Å². The minimum absolute atomic E-state index is 0.154. The van der Waals surface area contributed by atoms with Crippen LogP contribution in [0.4, 0.5) is 0 Å². The summed E-state index contributed by atoms with van der Waals surface area (Å²) in [5.74, 6) is 0.395. The van der Waals surface area contributed by atoms with Gasteiger partial charge in [-0.3, -0.25) is 9.69 Å². The van der Waals surface area contributed by atoms with Crippen LogP contribution in [0.2, 0.25) is 0 Å². The highest BCUT2D eigenvalue weighted by Crippen LogP contribution is 2.39. The molecule has 3 rings (SSSR count). The number of hydrogen-bond acceptors (Lipinski definition) is 3. The average molecular weight is 266 g/mol. The van der Waals surface area contributed by atoms with Crippen molar-refractivity contribution in [1.29, 1.82) is 0 Å². The van der Waals surface area contributed by atoms with Crippen molar-refractivity contribution in [1.82, 2.24) is 9.80 Å². The first-order chi connectivity index (χ1) is 9.26. The Morgan fingerprint density at radius 2 is 1.79 bits per heavy atom. The fourth-order valence-corrected chi connectivity index (χ4v) is 4.17. The lowest BCUT2D eigenvalue weighted by Gasteiger charge is -2.40. The van der Waals surface area contributed by atoms with Crippen molar-refractivity contribution in [3.8, 4) is 0 Å². The lowest BCUT2D eigenvalue weighted by atomic mass is 9.93. The highest BCUT2D eigenvalue weighted by Gasteiger charge is 2.49. The van der Waals surface area contributed by atoms with Gasteiger partial charge in [0.1, 0.15) is 5.54 Å². The first-order valence-electron chi connectivity index (χ1n) is 7.83. The molecule has 0 aromatic carbocycles. The maximum atomic E-state index is 13.0. The molecule has 0 N–H and O–H groups in total. The lowest BCUT2D eigenvalue weighted by Crippen LogP contribution is -2.57. The Labute approximate surface area is 116 Å². The molecule has 4 heteroatoms. The number of nitrogens with zero attached hydrogens (tertiary/aromatic N) is 2. The fraction of sp³-hybridized carbons (Fsp3) is 0.933. The van der Waals surface area contributed by atoms with E-state index in [2.05, 4.69) is 9.80 Å². The molecule has 0 bridgehead atoms. The summed E-state index contributed by atoms with van der Waals surface area (Å²) in [7, 11) is 1.75. The number of carbonyl (C=O) groups excluding carboxylic acids is 1. The molecule has 19 heavy (non-hydrogen) atoms. The predicted octanol–water partition coefficient (Wildman–Crippen LogP) is 1.64. The van der Waals surface area contributed by atoms with Gasteiger partial charge in [0, 0.05) is 20.2 Å². The van der Waals surface area contributed by atoms with Gasteiger partial charge < -0.3 is 9.64 Å². The summed E-state index contributed by atoms with van der Waals surface area (Å²) < 4.78 is 5.41. The Bertz CT molecular complexity index is 333. The summed E-state index contributed by atoms with van der Waals surface area (Å²) in [4.78, 5) is 17.6. The normalized spacial score (nSPS) is 31.2. The highest BCUT2D eigenvalue weighted by atomic mass is 16.5. The second-order valence-electron chi connectivity index (χ2n) is 6.33. The molecule has 1 aliphatic carbocycles. The largest absolute Gasteiger partial charge is 0.380 e. The third-order valence-corrected chi connectivity index (χ3v) is 5.31. The molecule has 0 unspecified atom stereocenters. The monoisotopic (exact) mass is 266 g/mol. The number of amides is 1. The van der Waals surface area contributed by atoms with E-state index in [9.17, 15) is 4.79 Å². The molecule has 0 aromatic rings. The summed E-state index contributed by atoms with van der Waals surface area (Å²) >= 11 is 0. The van der Waals surface area contributed by atoms with Gasteiger partial charge in [-0.1, -0.05) is 12.8 Å². The number of likely N-dealkylation sites (tertiary alicyclic amines) is 2. The molecule has 2 saturated heterocycles. The summed E-state index contributed by atoms with van der Waals surface area (Å²) in [6.45, 7) is 3.92. The minimum atomic E-state index is -0.154. The van der Waals surface area contributed by atoms with E-state index in [-0.39, 0.29) is 11.6 Å². The van der Waals surface area contributed by atoms with Gasteiger partial charge in [-0.15, -0.1) is 0 Å². The average Bonchev–Trinajstić information content (AvgIpc) is 3.17. The van der Waals surface area contributed by atoms with E-state index in [1.54, 1.807) is 7.11 Å². The van der Waals surface area contributed by atoms with Crippen LogP contribution in [0.15, 0.2) is 0 Å². The Morgan fingerprint density at radius 3 is 2.37 bits per heavy atom. The van der Waals surface area contributed by atoms with E-state index < -0.39 is 0 Å². The van der Waals surface area contributed by atoms with E-state index in [0.717, 1.165) is 45.4 Å². The van der Waals surface area contributed by atoms with Crippen molar-refractivity contribution in [3.05, 3.63) is 0 Å². The first kappa shape index (κ1) is 13.4. The third-order valence-electron chi connectivity index (χ3n) is 5.31. The van der Waals surface area contributed by atoms with Crippen LogP contribution in [0.5, 0.6) is 0 Å². The predicted molar refractivity (Wildman–Crippen MR) is 74.0 cm³/mol. The van der Waals surface area contributed by atoms with Crippen LogP contribution in [0, 0.1) is 0 Å². The maximum Gasteiger partial charge on any atom is 0.243 e. The zero-order chi connectivity index (χ0) is 13.3. The summed E-state index contributed by atoms with van der Waals surface area (Å²) in [5, 5.41) is 0.